The molecule has 12 nitrogen and oxygen atoms in total. The molecular formula is C27H33N9O3S. The molecule has 4 rings (SSSR count). The van der Waals surface area contributed by atoms with E-state index in [2.05, 4.69) is 37.2 Å². The minimum atomic E-state index is -3.08. The van der Waals surface area contributed by atoms with Crippen LogP contribution < -0.4 is 20.3 Å². The Morgan fingerprint density at radius 3 is 2.60 bits per heavy atom. The van der Waals surface area contributed by atoms with Crippen molar-refractivity contribution in [2.75, 3.05) is 63.1 Å². The summed E-state index contributed by atoms with van der Waals surface area (Å²) in [5, 5.41) is 11.3. The molecule has 0 aliphatic carbocycles. The van der Waals surface area contributed by atoms with Gasteiger partial charge in [0, 0.05) is 50.1 Å². The zero-order chi connectivity index (χ0) is 29.0. The number of ether oxygens (including phenoxy) is 1. The van der Waals surface area contributed by atoms with Gasteiger partial charge in [-0.3, -0.25) is 4.79 Å². The maximum absolute atomic E-state index is 12.6. The highest BCUT2D eigenvalue weighted by Crippen LogP contribution is 2.38. The average Bonchev–Trinajstić information content (AvgIpc) is 3.32. The van der Waals surface area contributed by atoms with Crippen LogP contribution >= 0.6 is 0 Å². The lowest BCUT2D eigenvalue weighted by molar-refractivity contribution is -0.111. The van der Waals surface area contributed by atoms with Crippen LogP contribution in [0.4, 0.5) is 23.0 Å². The van der Waals surface area contributed by atoms with Crippen molar-refractivity contribution in [2.45, 2.75) is 5.03 Å². The van der Waals surface area contributed by atoms with Gasteiger partial charge in [0.1, 0.15) is 5.75 Å². The van der Waals surface area contributed by atoms with Gasteiger partial charge in [0.25, 0.3) is 0 Å². The van der Waals surface area contributed by atoms with Crippen molar-refractivity contribution in [1.29, 1.82) is 4.78 Å². The van der Waals surface area contributed by atoms with Crippen LogP contribution in [0.25, 0.3) is 16.7 Å². The van der Waals surface area contributed by atoms with E-state index in [1.165, 1.54) is 12.3 Å². The highest BCUT2D eigenvalue weighted by Gasteiger charge is 2.19. The molecule has 1 unspecified atom stereocenters. The summed E-state index contributed by atoms with van der Waals surface area (Å²) < 4.78 is 27.9. The SMILES string of the molecule is C=CC(=O)Nc1cc(Nc2nccc(-n3nc(S(C)(=N)=O)c4ccccc43)n2)c(OC)cc1N(C)CCN(C)C. The summed E-state index contributed by atoms with van der Waals surface area (Å²) >= 11 is 0. The number of fused-ring (bicyclic) bond motifs is 1. The van der Waals surface area contributed by atoms with Crippen LogP contribution in [0.15, 0.2) is 66.3 Å². The molecule has 40 heavy (non-hydrogen) atoms. The number of nitrogens with zero attached hydrogens (tertiary/aromatic N) is 6. The number of carbonyl (C=O) groups is 1. The number of likely N-dealkylation sites (N-methyl/N-ethyl adjacent to an activating group) is 2. The Morgan fingerprint density at radius 2 is 1.93 bits per heavy atom. The Labute approximate surface area is 233 Å². The first-order chi connectivity index (χ1) is 19.0. The number of nitrogens with one attached hydrogen (secondary N) is 3. The number of benzene rings is 2. The van der Waals surface area contributed by atoms with Crippen molar-refractivity contribution >= 4 is 49.5 Å². The van der Waals surface area contributed by atoms with Gasteiger partial charge in [-0.2, -0.15) is 10.1 Å². The Balaban J connectivity index is 1.75. The molecule has 0 bridgehead atoms. The first kappa shape index (κ1) is 28.5. The molecule has 0 spiro atoms. The van der Waals surface area contributed by atoms with E-state index in [0.29, 0.717) is 40.4 Å². The number of methoxy groups -OCH3 is 1. The summed E-state index contributed by atoms with van der Waals surface area (Å²) in [6.45, 7) is 5.09. The standard InChI is InChI=1S/C27H33N9O3S/c1-7-25(37)30-19-16-20(23(39-5)17-22(19)35(4)15-14-34(2)3)31-27-29-13-12-24(32-27)36-21-11-9-8-10-18(21)26(33-36)40(6,28)38/h7-13,16-17,28H,1,14-15H2,2-6H3,(H,30,37)(H,29,31,32). The molecule has 0 aliphatic rings. The highest BCUT2D eigenvalue weighted by atomic mass is 32.2. The van der Waals surface area contributed by atoms with Crippen LogP contribution in [-0.2, 0) is 14.5 Å². The second-order valence-corrected chi connectivity index (χ2v) is 11.5. The van der Waals surface area contributed by atoms with Gasteiger partial charge in [-0.15, -0.1) is 0 Å². The van der Waals surface area contributed by atoms with Crippen LogP contribution in [-0.4, -0.2) is 82.4 Å². The largest absolute Gasteiger partial charge is 0.494 e. The molecule has 210 valence electrons. The lowest BCUT2D eigenvalue weighted by Gasteiger charge is -2.26. The third-order valence-corrected chi connectivity index (χ3v) is 7.12. The van der Waals surface area contributed by atoms with Crippen molar-refractivity contribution < 1.29 is 13.7 Å². The number of anilines is 4. The Bertz CT molecular complexity index is 1670. The first-order valence-electron chi connectivity index (χ1n) is 12.3. The summed E-state index contributed by atoms with van der Waals surface area (Å²) in [6, 6.07) is 12.5. The van der Waals surface area contributed by atoms with Gasteiger partial charge in [0.2, 0.25) is 11.9 Å². The van der Waals surface area contributed by atoms with Crippen molar-refractivity contribution in [1.82, 2.24) is 24.6 Å². The molecule has 3 N–H and O–H groups in total. The maximum Gasteiger partial charge on any atom is 0.247 e. The summed E-state index contributed by atoms with van der Waals surface area (Å²) in [5.41, 5.74) is 2.52. The second-order valence-electron chi connectivity index (χ2n) is 9.43. The molecule has 1 amide bonds. The molecule has 2 heterocycles. The number of para-hydroxylation sites is 1. The first-order valence-corrected chi connectivity index (χ1v) is 14.3. The van der Waals surface area contributed by atoms with Gasteiger partial charge >= 0.3 is 0 Å². The van der Waals surface area contributed by atoms with Gasteiger partial charge in [0.15, 0.2) is 10.8 Å². The molecule has 2 aromatic carbocycles. The van der Waals surface area contributed by atoms with Crippen molar-refractivity contribution in [3.8, 4) is 11.6 Å². The van der Waals surface area contributed by atoms with E-state index < -0.39 is 9.73 Å². The van der Waals surface area contributed by atoms with Crippen molar-refractivity contribution in [3.63, 3.8) is 0 Å². The van der Waals surface area contributed by atoms with Gasteiger partial charge in [-0.1, -0.05) is 18.7 Å². The number of aromatic nitrogens is 4. The van der Waals surface area contributed by atoms with E-state index in [0.717, 1.165) is 12.2 Å². The minimum absolute atomic E-state index is 0.189. The molecule has 2 aromatic heterocycles. The maximum atomic E-state index is 12.6. The lowest BCUT2D eigenvalue weighted by atomic mass is 10.2. The van der Waals surface area contributed by atoms with Crippen LogP contribution in [0.1, 0.15) is 0 Å². The van der Waals surface area contributed by atoms with E-state index in [-0.39, 0.29) is 16.9 Å². The monoisotopic (exact) mass is 563 g/mol. The number of carbonyl (C=O) groups excluding carboxylic acids is 1. The third-order valence-electron chi connectivity index (χ3n) is 6.08. The lowest BCUT2D eigenvalue weighted by Crippen LogP contribution is -2.29. The molecule has 0 radical (unpaired) electrons. The Hall–Kier alpha value is -4.49. The predicted molar refractivity (Wildman–Crippen MR) is 159 cm³/mol. The van der Waals surface area contributed by atoms with Crippen LogP contribution in [0.2, 0.25) is 0 Å². The van der Waals surface area contributed by atoms with Crippen LogP contribution in [0.3, 0.4) is 0 Å². The van der Waals surface area contributed by atoms with Crippen molar-refractivity contribution in [2.24, 2.45) is 0 Å². The number of hydrogen-bond acceptors (Lipinski definition) is 10. The topological polar surface area (TPSA) is 141 Å². The summed E-state index contributed by atoms with van der Waals surface area (Å²) in [6.07, 6.45) is 4.12. The zero-order valence-corrected chi connectivity index (χ0v) is 24.0. The van der Waals surface area contributed by atoms with Crippen LogP contribution in [0, 0.1) is 4.78 Å². The molecule has 4 aromatic rings. The minimum Gasteiger partial charge on any atom is -0.494 e. The second kappa shape index (κ2) is 11.7. The quantitative estimate of drug-likeness (QED) is 0.233. The normalized spacial score (nSPS) is 12.7. The van der Waals surface area contributed by atoms with E-state index in [1.807, 2.05) is 50.3 Å². The number of rotatable bonds is 11. The summed E-state index contributed by atoms with van der Waals surface area (Å²) in [7, 11) is 4.41. The Kier molecular flexibility index (Phi) is 8.35. The van der Waals surface area contributed by atoms with E-state index in [1.54, 1.807) is 36.2 Å². The fraction of sp³-hybridized carbons (Fsp3) is 0.259. The van der Waals surface area contributed by atoms with Crippen LogP contribution in [0.5, 0.6) is 5.75 Å². The average molecular weight is 564 g/mol. The van der Waals surface area contributed by atoms with Gasteiger partial charge < -0.3 is 25.2 Å². The van der Waals surface area contributed by atoms with Gasteiger partial charge in [0.05, 0.1) is 39.4 Å². The summed E-state index contributed by atoms with van der Waals surface area (Å²) in [5.74, 6) is 0.835. The number of amides is 1. The van der Waals surface area contributed by atoms with Gasteiger partial charge in [-0.25, -0.2) is 18.7 Å². The predicted octanol–water partition coefficient (Wildman–Crippen LogP) is 3.73. The van der Waals surface area contributed by atoms with E-state index in [9.17, 15) is 9.00 Å². The fourth-order valence-corrected chi connectivity index (χ4v) is 4.88. The molecule has 0 saturated heterocycles. The molecule has 0 saturated carbocycles. The third kappa shape index (κ3) is 6.21. The fourth-order valence-electron chi connectivity index (χ4n) is 4.05. The Morgan fingerprint density at radius 1 is 1.18 bits per heavy atom. The van der Waals surface area contributed by atoms with E-state index in [4.69, 9.17) is 9.52 Å². The molecule has 1 atom stereocenters. The zero-order valence-electron chi connectivity index (χ0n) is 23.1. The van der Waals surface area contributed by atoms with Crippen molar-refractivity contribution in [3.05, 3.63) is 61.3 Å². The summed E-state index contributed by atoms with van der Waals surface area (Å²) in [4.78, 5) is 25.3. The number of hydrogen-bond donors (Lipinski definition) is 3. The smallest absolute Gasteiger partial charge is 0.247 e. The van der Waals surface area contributed by atoms with E-state index >= 15 is 0 Å². The molecule has 0 aliphatic heterocycles. The highest BCUT2D eigenvalue weighted by molar-refractivity contribution is 7.91. The molecule has 13 heteroatoms. The molecular weight excluding hydrogens is 530 g/mol. The molecule has 0 fully saturated rings. The van der Waals surface area contributed by atoms with Gasteiger partial charge in [-0.05, 0) is 38.4 Å².